The Labute approximate surface area is 187 Å². The van der Waals surface area contributed by atoms with Gasteiger partial charge in [-0.1, -0.05) is 17.7 Å². The molecular formula is C20H16ClF2N5O3S. The van der Waals surface area contributed by atoms with Crippen LogP contribution in [0.15, 0.2) is 47.6 Å². The molecule has 12 heteroatoms. The quantitative estimate of drug-likeness (QED) is 0.592. The van der Waals surface area contributed by atoms with Crippen LogP contribution in [0.25, 0.3) is 5.69 Å². The fourth-order valence-corrected chi connectivity index (χ4v) is 3.74. The molecule has 2 aromatic carbocycles. The minimum Gasteiger partial charge on any atom is -0.338 e. The third-order valence-electron chi connectivity index (χ3n) is 4.71. The lowest BCUT2D eigenvalue weighted by Crippen LogP contribution is -2.35. The van der Waals surface area contributed by atoms with Gasteiger partial charge in [-0.25, -0.2) is 31.6 Å². The summed E-state index contributed by atoms with van der Waals surface area (Å²) in [4.78, 5) is 16.8. The van der Waals surface area contributed by atoms with Crippen molar-refractivity contribution in [3.63, 3.8) is 0 Å². The number of carbonyl (C=O) groups is 1. The number of benzene rings is 2. The SMILES string of the molecule is CC(C)S(=O)(=O)NC(=O)c1ccc2c(c1)-n1ncc(Cl)c1N=C(c1c(F)cccc1F)N2. The maximum Gasteiger partial charge on any atom is 0.264 e. The molecule has 4 rings (SSSR count). The lowest BCUT2D eigenvalue weighted by Gasteiger charge is -2.14. The first-order valence-electron chi connectivity index (χ1n) is 9.32. The van der Waals surface area contributed by atoms with Crippen LogP contribution in [0.5, 0.6) is 0 Å². The maximum absolute atomic E-state index is 14.4. The van der Waals surface area contributed by atoms with Gasteiger partial charge in [0.25, 0.3) is 5.91 Å². The Morgan fingerprint density at radius 3 is 2.53 bits per heavy atom. The van der Waals surface area contributed by atoms with E-state index in [1.54, 1.807) is 0 Å². The number of rotatable bonds is 4. The first-order chi connectivity index (χ1) is 15.1. The fraction of sp³-hybridized carbons (Fsp3) is 0.150. The molecule has 0 unspecified atom stereocenters. The molecule has 166 valence electrons. The molecule has 0 aliphatic carbocycles. The largest absolute Gasteiger partial charge is 0.338 e. The zero-order chi connectivity index (χ0) is 23.2. The molecule has 8 nitrogen and oxygen atoms in total. The van der Waals surface area contributed by atoms with E-state index in [-0.39, 0.29) is 27.9 Å². The Morgan fingerprint density at radius 2 is 1.88 bits per heavy atom. The molecule has 0 bridgehead atoms. The van der Waals surface area contributed by atoms with Crippen molar-refractivity contribution >= 4 is 44.9 Å². The van der Waals surface area contributed by atoms with Gasteiger partial charge in [0.05, 0.1) is 28.4 Å². The van der Waals surface area contributed by atoms with Crippen molar-refractivity contribution in [2.45, 2.75) is 19.1 Å². The van der Waals surface area contributed by atoms with Crippen molar-refractivity contribution < 1.29 is 22.0 Å². The molecule has 32 heavy (non-hydrogen) atoms. The number of aliphatic imine (C=N–C) groups is 1. The minimum absolute atomic E-state index is 0.0212. The molecule has 1 aromatic heterocycles. The van der Waals surface area contributed by atoms with Gasteiger partial charge in [-0.15, -0.1) is 0 Å². The fourth-order valence-electron chi connectivity index (χ4n) is 2.96. The van der Waals surface area contributed by atoms with Crippen molar-refractivity contribution in [3.05, 3.63) is 70.4 Å². The number of hydrogen-bond acceptors (Lipinski definition) is 6. The number of carbonyl (C=O) groups excluding carboxylic acids is 1. The van der Waals surface area contributed by atoms with Crippen LogP contribution in [0.3, 0.4) is 0 Å². The summed E-state index contributed by atoms with van der Waals surface area (Å²) >= 11 is 6.19. The topological polar surface area (TPSA) is 105 Å². The summed E-state index contributed by atoms with van der Waals surface area (Å²) in [5.41, 5.74) is 0.215. The second-order valence-electron chi connectivity index (χ2n) is 7.17. The van der Waals surface area contributed by atoms with Crippen molar-refractivity contribution in [2.24, 2.45) is 4.99 Å². The summed E-state index contributed by atoms with van der Waals surface area (Å²) in [7, 11) is -3.85. The highest BCUT2D eigenvalue weighted by Gasteiger charge is 2.26. The Kier molecular flexibility index (Phi) is 5.47. The molecule has 1 aliphatic rings. The molecule has 0 saturated carbocycles. The Balaban J connectivity index is 1.83. The number of fused-ring (bicyclic) bond motifs is 3. The van der Waals surface area contributed by atoms with Gasteiger partial charge in [-0.2, -0.15) is 5.10 Å². The third kappa shape index (κ3) is 3.84. The number of aromatic nitrogens is 2. The van der Waals surface area contributed by atoms with E-state index in [2.05, 4.69) is 15.4 Å². The molecule has 3 aromatic rings. The van der Waals surface area contributed by atoms with Crippen LogP contribution in [0.2, 0.25) is 5.02 Å². The van der Waals surface area contributed by atoms with Crippen LogP contribution >= 0.6 is 11.6 Å². The summed E-state index contributed by atoms with van der Waals surface area (Å²) in [5, 5.41) is 6.28. The molecule has 2 N–H and O–H groups in total. The Bertz CT molecular complexity index is 1370. The van der Waals surface area contributed by atoms with E-state index >= 15 is 0 Å². The van der Waals surface area contributed by atoms with Gasteiger partial charge < -0.3 is 5.32 Å². The van der Waals surface area contributed by atoms with Gasteiger partial charge in [0.15, 0.2) is 5.82 Å². The maximum atomic E-state index is 14.4. The highest BCUT2D eigenvalue weighted by atomic mass is 35.5. The number of amidine groups is 1. The number of nitrogens with one attached hydrogen (secondary N) is 2. The van der Waals surface area contributed by atoms with E-state index in [9.17, 15) is 22.0 Å². The number of halogens is 3. The minimum atomic E-state index is -3.85. The van der Waals surface area contributed by atoms with Crippen LogP contribution in [-0.2, 0) is 10.0 Å². The molecule has 0 saturated heterocycles. The smallest absolute Gasteiger partial charge is 0.264 e. The van der Waals surface area contributed by atoms with Crippen LogP contribution < -0.4 is 10.0 Å². The second kappa shape index (κ2) is 7.99. The summed E-state index contributed by atoms with van der Waals surface area (Å²) < 4.78 is 56.2. The highest BCUT2D eigenvalue weighted by Crippen LogP contribution is 2.35. The molecule has 1 amide bonds. The van der Waals surface area contributed by atoms with Crippen molar-refractivity contribution in [1.29, 1.82) is 0 Å². The standard InChI is InChI=1S/C20H16ClF2N5O3S/c1-10(2)32(30,31)27-20(29)11-6-7-15-16(8-11)28-19(12(21)9-24-28)26-18(25-15)17-13(22)4-3-5-14(17)23/h3-10H,1-2H3,(H,25,26)(H,27,29). The third-order valence-corrected chi connectivity index (χ3v) is 6.69. The summed E-state index contributed by atoms with van der Waals surface area (Å²) in [6.45, 7) is 2.88. The van der Waals surface area contributed by atoms with Gasteiger partial charge in [0.2, 0.25) is 10.0 Å². The normalized spacial score (nSPS) is 13.0. The molecule has 0 radical (unpaired) electrons. The molecule has 0 spiro atoms. The average Bonchev–Trinajstić information content (AvgIpc) is 2.99. The van der Waals surface area contributed by atoms with Gasteiger partial charge in [0.1, 0.15) is 22.5 Å². The van der Waals surface area contributed by atoms with Crippen molar-refractivity contribution in [2.75, 3.05) is 5.32 Å². The molecule has 2 heterocycles. The van der Waals surface area contributed by atoms with E-state index in [0.29, 0.717) is 5.69 Å². The lowest BCUT2D eigenvalue weighted by molar-refractivity contribution is 0.0981. The van der Waals surface area contributed by atoms with E-state index in [4.69, 9.17) is 11.6 Å². The molecular weight excluding hydrogens is 464 g/mol. The second-order valence-corrected chi connectivity index (χ2v) is 9.81. The van der Waals surface area contributed by atoms with Crippen molar-refractivity contribution in [1.82, 2.24) is 14.5 Å². The molecule has 0 fully saturated rings. The predicted molar refractivity (Wildman–Crippen MR) is 116 cm³/mol. The summed E-state index contributed by atoms with van der Waals surface area (Å²) in [5.74, 6) is -2.59. The first kappa shape index (κ1) is 21.9. The molecule has 1 aliphatic heterocycles. The number of anilines is 1. The monoisotopic (exact) mass is 479 g/mol. The van der Waals surface area contributed by atoms with Gasteiger partial charge >= 0.3 is 0 Å². The number of sulfonamides is 1. The summed E-state index contributed by atoms with van der Waals surface area (Å²) in [6, 6.07) is 7.60. The van der Waals surface area contributed by atoms with E-state index in [1.165, 1.54) is 49.0 Å². The number of nitrogens with zero attached hydrogens (tertiary/aromatic N) is 3. The predicted octanol–water partition coefficient (Wildman–Crippen LogP) is 3.78. The molecule has 0 atom stereocenters. The highest BCUT2D eigenvalue weighted by molar-refractivity contribution is 7.90. The lowest BCUT2D eigenvalue weighted by atomic mass is 10.1. The Morgan fingerprint density at radius 1 is 1.19 bits per heavy atom. The number of hydrogen-bond donors (Lipinski definition) is 2. The van der Waals surface area contributed by atoms with E-state index < -0.39 is 38.4 Å². The zero-order valence-corrected chi connectivity index (χ0v) is 18.3. The van der Waals surface area contributed by atoms with Crippen LogP contribution in [0, 0.1) is 11.6 Å². The van der Waals surface area contributed by atoms with Crippen LogP contribution in [0.1, 0.15) is 29.8 Å². The van der Waals surface area contributed by atoms with Gasteiger partial charge in [-0.3, -0.25) is 4.79 Å². The average molecular weight is 480 g/mol. The van der Waals surface area contributed by atoms with Crippen molar-refractivity contribution in [3.8, 4) is 5.69 Å². The van der Waals surface area contributed by atoms with Gasteiger partial charge in [0, 0.05) is 5.56 Å². The van der Waals surface area contributed by atoms with Crippen LogP contribution in [-0.4, -0.2) is 35.2 Å². The van der Waals surface area contributed by atoms with Gasteiger partial charge in [-0.05, 0) is 44.2 Å². The van der Waals surface area contributed by atoms with Crippen LogP contribution in [0.4, 0.5) is 20.3 Å². The zero-order valence-electron chi connectivity index (χ0n) is 16.7. The Hall–Kier alpha value is -3.31. The van der Waals surface area contributed by atoms with E-state index in [1.807, 2.05) is 4.72 Å². The first-order valence-corrected chi connectivity index (χ1v) is 11.2. The number of amides is 1. The summed E-state index contributed by atoms with van der Waals surface area (Å²) in [6.07, 6.45) is 1.29. The van der Waals surface area contributed by atoms with E-state index in [0.717, 1.165) is 12.1 Å².